The number of hydrogen-bond donors (Lipinski definition) is 1. The molecule has 3 nitrogen and oxygen atoms in total. The molecule has 2 N–H and O–H groups in total. The minimum Gasteiger partial charge on any atom is -0.399 e. The van der Waals surface area contributed by atoms with Crippen LogP contribution in [0.1, 0.15) is 25.8 Å². The van der Waals surface area contributed by atoms with E-state index in [1.54, 1.807) is 0 Å². The van der Waals surface area contributed by atoms with E-state index in [0.29, 0.717) is 18.0 Å². The van der Waals surface area contributed by atoms with Crippen LogP contribution in [0.3, 0.4) is 0 Å². The molecule has 0 aromatic heterocycles. The second-order valence-electron chi connectivity index (χ2n) is 4.63. The third kappa shape index (κ3) is 4.73. The molecule has 0 saturated carbocycles. The van der Waals surface area contributed by atoms with Gasteiger partial charge in [0, 0.05) is 11.3 Å². The van der Waals surface area contributed by atoms with Crippen molar-refractivity contribution in [1.29, 1.82) is 0 Å². The highest BCUT2D eigenvalue weighted by molar-refractivity contribution is 7.90. The van der Waals surface area contributed by atoms with E-state index in [1.165, 1.54) is 12.1 Å². The van der Waals surface area contributed by atoms with Gasteiger partial charge in [-0.15, -0.1) is 0 Å². The molecule has 0 spiro atoms. The van der Waals surface area contributed by atoms with E-state index >= 15 is 0 Å². The summed E-state index contributed by atoms with van der Waals surface area (Å²) in [5.74, 6) is -0.403. The van der Waals surface area contributed by atoms with E-state index in [2.05, 4.69) is 0 Å². The van der Waals surface area contributed by atoms with E-state index in [0.717, 1.165) is 6.07 Å². The van der Waals surface area contributed by atoms with Crippen molar-refractivity contribution in [3.63, 3.8) is 0 Å². The number of nitrogen functional groups attached to an aromatic ring is 1. The van der Waals surface area contributed by atoms with Crippen LogP contribution in [0, 0.1) is 11.7 Å². The molecule has 0 atom stereocenters. The molecule has 0 unspecified atom stereocenters. The molecule has 0 aliphatic rings. The fourth-order valence-corrected chi connectivity index (χ4v) is 3.09. The normalized spacial score (nSPS) is 12.0. The second kappa shape index (κ2) is 5.49. The quantitative estimate of drug-likeness (QED) is 0.826. The van der Waals surface area contributed by atoms with Crippen molar-refractivity contribution >= 4 is 15.5 Å². The van der Waals surface area contributed by atoms with Crippen LogP contribution in [0.5, 0.6) is 0 Å². The maximum atomic E-state index is 13.4. The van der Waals surface area contributed by atoms with Crippen LogP contribution < -0.4 is 5.73 Å². The van der Waals surface area contributed by atoms with Gasteiger partial charge in [0.05, 0.1) is 11.5 Å². The minimum absolute atomic E-state index is 0.0917. The summed E-state index contributed by atoms with van der Waals surface area (Å²) < 4.78 is 36.9. The first-order valence-corrected chi connectivity index (χ1v) is 7.36. The zero-order chi connectivity index (χ0) is 13.1. The van der Waals surface area contributed by atoms with Crippen molar-refractivity contribution in [2.75, 3.05) is 11.5 Å². The van der Waals surface area contributed by atoms with Crippen LogP contribution >= 0.6 is 0 Å². The Labute approximate surface area is 102 Å². The standard InChI is InChI=1S/C12H18FNO2S/c1-9(2)5-6-17(15,16)8-10-3-4-11(14)7-12(10)13/h3-4,7,9H,5-6,8,14H2,1-2H3. The molecule has 5 heteroatoms. The Balaban J connectivity index is 2.76. The molecule has 0 amide bonds. The number of anilines is 1. The molecule has 0 heterocycles. The molecule has 0 aliphatic carbocycles. The highest BCUT2D eigenvalue weighted by atomic mass is 32.2. The summed E-state index contributed by atoms with van der Waals surface area (Å²) >= 11 is 0. The van der Waals surface area contributed by atoms with Crippen molar-refractivity contribution in [3.8, 4) is 0 Å². The van der Waals surface area contributed by atoms with Crippen molar-refractivity contribution < 1.29 is 12.8 Å². The van der Waals surface area contributed by atoms with Gasteiger partial charge in [0.1, 0.15) is 5.82 Å². The Hall–Kier alpha value is -1.10. The summed E-state index contributed by atoms with van der Waals surface area (Å²) in [6.07, 6.45) is 0.596. The lowest BCUT2D eigenvalue weighted by molar-refractivity contribution is 0.569. The molecule has 96 valence electrons. The number of sulfone groups is 1. The van der Waals surface area contributed by atoms with Gasteiger partial charge in [-0.25, -0.2) is 12.8 Å². The molecule has 1 aromatic rings. The van der Waals surface area contributed by atoms with Crippen molar-refractivity contribution in [2.24, 2.45) is 5.92 Å². The van der Waals surface area contributed by atoms with Gasteiger partial charge >= 0.3 is 0 Å². The van der Waals surface area contributed by atoms with Crippen molar-refractivity contribution in [1.82, 2.24) is 0 Å². The van der Waals surface area contributed by atoms with Gasteiger partial charge in [-0.1, -0.05) is 19.9 Å². The van der Waals surface area contributed by atoms with Crippen LogP contribution in [0.2, 0.25) is 0 Å². The summed E-state index contributed by atoms with van der Waals surface area (Å²) in [5.41, 5.74) is 5.88. The SMILES string of the molecule is CC(C)CCS(=O)(=O)Cc1ccc(N)cc1F. The largest absolute Gasteiger partial charge is 0.399 e. The van der Waals surface area contributed by atoms with Crippen molar-refractivity contribution in [3.05, 3.63) is 29.6 Å². The molecular formula is C12H18FNO2S. The Morgan fingerprint density at radius 2 is 2.00 bits per heavy atom. The van der Waals surface area contributed by atoms with Crippen molar-refractivity contribution in [2.45, 2.75) is 26.0 Å². The van der Waals surface area contributed by atoms with Gasteiger partial charge < -0.3 is 5.73 Å². The lowest BCUT2D eigenvalue weighted by Gasteiger charge is -2.07. The van der Waals surface area contributed by atoms with Gasteiger partial charge in [-0.3, -0.25) is 0 Å². The second-order valence-corrected chi connectivity index (χ2v) is 6.81. The molecular weight excluding hydrogens is 241 g/mol. The third-order valence-corrected chi connectivity index (χ3v) is 4.07. The van der Waals surface area contributed by atoms with Crippen LogP contribution in [0.15, 0.2) is 18.2 Å². The summed E-state index contributed by atoms with van der Waals surface area (Å²) in [5, 5.41) is 0. The topological polar surface area (TPSA) is 60.2 Å². The number of hydrogen-bond acceptors (Lipinski definition) is 3. The Morgan fingerprint density at radius 3 is 2.53 bits per heavy atom. The van der Waals surface area contributed by atoms with Gasteiger partial charge in [-0.05, 0) is 24.5 Å². The summed E-state index contributed by atoms with van der Waals surface area (Å²) in [7, 11) is -3.25. The molecule has 0 radical (unpaired) electrons. The fraction of sp³-hybridized carbons (Fsp3) is 0.500. The molecule has 1 rings (SSSR count). The summed E-state index contributed by atoms with van der Waals surface area (Å²) in [6, 6.07) is 4.08. The van der Waals surface area contributed by atoms with E-state index in [-0.39, 0.29) is 17.1 Å². The molecule has 0 aliphatic heterocycles. The van der Waals surface area contributed by atoms with E-state index < -0.39 is 15.7 Å². The van der Waals surface area contributed by atoms with Crippen LogP contribution in [0.4, 0.5) is 10.1 Å². The molecule has 1 aromatic carbocycles. The molecule has 0 fully saturated rings. The zero-order valence-electron chi connectivity index (χ0n) is 10.1. The monoisotopic (exact) mass is 259 g/mol. The minimum atomic E-state index is -3.25. The van der Waals surface area contributed by atoms with Gasteiger partial charge in [0.25, 0.3) is 0 Å². The number of rotatable bonds is 5. The zero-order valence-corrected chi connectivity index (χ0v) is 10.9. The van der Waals surface area contributed by atoms with Gasteiger partial charge in [0.2, 0.25) is 0 Å². The predicted molar refractivity (Wildman–Crippen MR) is 67.8 cm³/mol. The molecule has 0 bridgehead atoms. The van der Waals surface area contributed by atoms with Gasteiger partial charge in [-0.2, -0.15) is 0 Å². The lowest BCUT2D eigenvalue weighted by atomic mass is 10.2. The first-order valence-electron chi connectivity index (χ1n) is 5.54. The maximum Gasteiger partial charge on any atom is 0.154 e. The Bertz CT molecular complexity index is 483. The highest BCUT2D eigenvalue weighted by Crippen LogP contribution is 2.16. The maximum absolute atomic E-state index is 13.4. The van der Waals surface area contributed by atoms with E-state index in [4.69, 9.17) is 5.73 Å². The molecule has 0 saturated heterocycles. The first kappa shape index (κ1) is 14.0. The Morgan fingerprint density at radius 1 is 1.35 bits per heavy atom. The summed E-state index contributed by atoms with van der Waals surface area (Å²) in [6.45, 7) is 3.92. The summed E-state index contributed by atoms with van der Waals surface area (Å²) in [4.78, 5) is 0. The lowest BCUT2D eigenvalue weighted by Crippen LogP contribution is -2.12. The number of halogens is 1. The first-order chi connectivity index (χ1) is 7.80. The van der Waals surface area contributed by atoms with E-state index in [1.807, 2.05) is 13.8 Å². The smallest absolute Gasteiger partial charge is 0.154 e. The average molecular weight is 259 g/mol. The van der Waals surface area contributed by atoms with Crippen LogP contribution in [-0.2, 0) is 15.6 Å². The van der Waals surface area contributed by atoms with E-state index in [9.17, 15) is 12.8 Å². The Kier molecular flexibility index (Phi) is 4.51. The number of nitrogens with two attached hydrogens (primary N) is 1. The average Bonchev–Trinajstić information content (AvgIpc) is 2.20. The van der Waals surface area contributed by atoms with Gasteiger partial charge in [0.15, 0.2) is 9.84 Å². The third-order valence-electron chi connectivity index (χ3n) is 2.46. The fourth-order valence-electron chi connectivity index (χ4n) is 1.40. The predicted octanol–water partition coefficient (Wildman–Crippen LogP) is 2.37. The molecule has 17 heavy (non-hydrogen) atoms. The number of benzene rings is 1. The highest BCUT2D eigenvalue weighted by Gasteiger charge is 2.15. The van der Waals surface area contributed by atoms with Crippen LogP contribution in [0.25, 0.3) is 0 Å². The van der Waals surface area contributed by atoms with Crippen LogP contribution in [-0.4, -0.2) is 14.2 Å².